The summed E-state index contributed by atoms with van der Waals surface area (Å²) in [5, 5.41) is 2.28. The van der Waals surface area contributed by atoms with Crippen LogP contribution in [0.2, 0.25) is 0 Å². The van der Waals surface area contributed by atoms with Crippen LogP contribution in [0.15, 0.2) is 12.1 Å². The molecule has 0 saturated carbocycles. The molecule has 1 aliphatic heterocycles. The van der Waals surface area contributed by atoms with Gasteiger partial charge in [-0.25, -0.2) is 13.2 Å². The lowest BCUT2D eigenvalue weighted by Crippen LogP contribution is -2.50. The molecule has 2 amide bonds. The van der Waals surface area contributed by atoms with Crippen molar-refractivity contribution in [2.45, 2.75) is 13.0 Å². The van der Waals surface area contributed by atoms with Crippen LogP contribution in [0.5, 0.6) is 0 Å². The lowest BCUT2D eigenvalue weighted by molar-refractivity contribution is -0.136. The molecule has 0 aromatic heterocycles. The van der Waals surface area contributed by atoms with Crippen molar-refractivity contribution < 1.29 is 27.5 Å². The topological polar surface area (TPSA) is 58.6 Å². The Morgan fingerprint density at radius 2 is 1.82 bits per heavy atom. The molecule has 22 heavy (non-hydrogen) atoms. The van der Waals surface area contributed by atoms with Gasteiger partial charge in [0.15, 0.2) is 17.5 Å². The number of nitrogens with zero attached hydrogens (tertiary/aromatic N) is 1. The summed E-state index contributed by atoms with van der Waals surface area (Å²) in [7, 11) is 0. The molecule has 1 N–H and O–H groups in total. The third-order valence-electron chi connectivity index (χ3n) is 3.32. The fourth-order valence-corrected chi connectivity index (χ4v) is 2.09. The van der Waals surface area contributed by atoms with Gasteiger partial charge >= 0.3 is 0 Å². The molecule has 1 heterocycles. The summed E-state index contributed by atoms with van der Waals surface area (Å²) in [6.45, 7) is 3.05. The highest BCUT2D eigenvalue weighted by atomic mass is 19.2. The van der Waals surface area contributed by atoms with Crippen LogP contribution < -0.4 is 5.32 Å². The number of carbonyl (C=O) groups is 2. The largest absolute Gasteiger partial charge is 0.378 e. The van der Waals surface area contributed by atoms with Gasteiger partial charge < -0.3 is 15.0 Å². The van der Waals surface area contributed by atoms with Crippen molar-refractivity contribution in [2.24, 2.45) is 0 Å². The average Bonchev–Trinajstić information content (AvgIpc) is 2.52. The van der Waals surface area contributed by atoms with E-state index in [-0.39, 0.29) is 5.91 Å². The van der Waals surface area contributed by atoms with Gasteiger partial charge in [-0.15, -0.1) is 0 Å². The number of morpholine rings is 1. The zero-order chi connectivity index (χ0) is 16.3. The molecule has 1 aromatic carbocycles. The van der Waals surface area contributed by atoms with E-state index in [9.17, 15) is 22.8 Å². The summed E-state index contributed by atoms with van der Waals surface area (Å²) < 4.78 is 44.6. The zero-order valence-electron chi connectivity index (χ0n) is 11.9. The Balaban J connectivity index is 2.05. The van der Waals surface area contributed by atoms with Gasteiger partial charge in [0.05, 0.1) is 18.8 Å². The van der Waals surface area contributed by atoms with Crippen LogP contribution in [0, 0.1) is 17.5 Å². The Morgan fingerprint density at radius 3 is 2.45 bits per heavy atom. The molecule has 0 spiro atoms. The number of benzene rings is 1. The summed E-state index contributed by atoms with van der Waals surface area (Å²) in [4.78, 5) is 25.5. The Labute approximate surface area is 125 Å². The van der Waals surface area contributed by atoms with Crippen LogP contribution in [0.1, 0.15) is 17.3 Å². The first kappa shape index (κ1) is 16.3. The van der Waals surface area contributed by atoms with E-state index in [4.69, 9.17) is 4.74 Å². The molecule has 1 aliphatic rings. The number of halogens is 3. The van der Waals surface area contributed by atoms with E-state index in [0.717, 1.165) is 6.07 Å². The monoisotopic (exact) mass is 316 g/mol. The second-order valence-corrected chi connectivity index (χ2v) is 4.86. The number of rotatable bonds is 3. The third kappa shape index (κ3) is 3.38. The number of amides is 2. The second-order valence-electron chi connectivity index (χ2n) is 4.86. The maximum absolute atomic E-state index is 13.5. The van der Waals surface area contributed by atoms with E-state index in [0.29, 0.717) is 32.4 Å². The van der Waals surface area contributed by atoms with Crippen molar-refractivity contribution in [3.63, 3.8) is 0 Å². The molecule has 0 radical (unpaired) electrons. The highest BCUT2D eigenvalue weighted by molar-refractivity contribution is 5.97. The molecule has 1 atom stereocenters. The van der Waals surface area contributed by atoms with Crippen LogP contribution in [0.25, 0.3) is 0 Å². The number of carbonyl (C=O) groups excluding carboxylic acids is 2. The van der Waals surface area contributed by atoms with Crippen LogP contribution in [-0.4, -0.2) is 49.1 Å². The second kappa shape index (κ2) is 6.78. The number of hydrogen-bond acceptors (Lipinski definition) is 3. The minimum Gasteiger partial charge on any atom is -0.378 e. The molecule has 1 aromatic rings. The van der Waals surface area contributed by atoms with Crippen molar-refractivity contribution in [3.8, 4) is 0 Å². The molecule has 2 rings (SSSR count). The van der Waals surface area contributed by atoms with E-state index in [1.807, 2.05) is 0 Å². The average molecular weight is 316 g/mol. The fourth-order valence-electron chi connectivity index (χ4n) is 2.09. The van der Waals surface area contributed by atoms with Crippen molar-refractivity contribution in [3.05, 3.63) is 35.1 Å². The minimum absolute atomic E-state index is 0.348. The summed E-state index contributed by atoms with van der Waals surface area (Å²) in [5.41, 5.74) is -0.652. The normalized spacial score (nSPS) is 16.3. The summed E-state index contributed by atoms with van der Waals surface area (Å²) in [5.74, 6) is -6.01. The Kier molecular flexibility index (Phi) is 5.02. The van der Waals surface area contributed by atoms with Gasteiger partial charge in [0.1, 0.15) is 6.04 Å². The quantitative estimate of drug-likeness (QED) is 0.849. The minimum atomic E-state index is -1.72. The number of nitrogens with one attached hydrogen (secondary N) is 1. The lowest BCUT2D eigenvalue weighted by atomic mass is 10.1. The van der Waals surface area contributed by atoms with Crippen LogP contribution in [-0.2, 0) is 9.53 Å². The van der Waals surface area contributed by atoms with Gasteiger partial charge in [0, 0.05) is 13.1 Å². The van der Waals surface area contributed by atoms with Gasteiger partial charge in [0.25, 0.3) is 5.91 Å². The zero-order valence-corrected chi connectivity index (χ0v) is 11.9. The van der Waals surface area contributed by atoms with E-state index >= 15 is 0 Å². The molecule has 0 bridgehead atoms. The predicted octanol–water partition coefficient (Wildman–Crippen LogP) is 1.08. The number of hydrogen-bond donors (Lipinski definition) is 1. The number of ether oxygens (including phenoxy) is 1. The van der Waals surface area contributed by atoms with Gasteiger partial charge in [-0.2, -0.15) is 0 Å². The summed E-state index contributed by atoms with van der Waals surface area (Å²) in [6, 6.07) is 0.565. The highest BCUT2D eigenvalue weighted by Crippen LogP contribution is 2.15. The van der Waals surface area contributed by atoms with Gasteiger partial charge in [-0.05, 0) is 19.1 Å². The van der Waals surface area contributed by atoms with Crippen LogP contribution >= 0.6 is 0 Å². The standard InChI is InChI=1S/C14H15F3N2O3/c1-8(14(21)19-4-6-22-7-5-19)18-13(20)9-2-3-10(15)12(17)11(9)16/h2-3,8H,4-7H2,1H3,(H,18,20)/t8-/m0/s1. The first-order chi connectivity index (χ1) is 10.4. The van der Waals surface area contributed by atoms with Crippen molar-refractivity contribution in [1.82, 2.24) is 10.2 Å². The summed E-state index contributed by atoms with van der Waals surface area (Å²) >= 11 is 0. The summed E-state index contributed by atoms with van der Waals surface area (Å²) in [6.07, 6.45) is 0. The maximum atomic E-state index is 13.5. The third-order valence-corrected chi connectivity index (χ3v) is 3.32. The molecule has 1 fully saturated rings. The van der Waals surface area contributed by atoms with Crippen LogP contribution in [0.4, 0.5) is 13.2 Å². The molecule has 0 aliphatic carbocycles. The Bertz CT molecular complexity index is 589. The first-order valence-electron chi connectivity index (χ1n) is 6.72. The fraction of sp³-hybridized carbons (Fsp3) is 0.429. The van der Waals surface area contributed by atoms with Gasteiger partial charge in [0.2, 0.25) is 5.91 Å². The molecule has 8 heteroatoms. The van der Waals surface area contributed by atoms with E-state index < -0.39 is 35.0 Å². The van der Waals surface area contributed by atoms with Gasteiger partial charge in [-0.1, -0.05) is 0 Å². The lowest BCUT2D eigenvalue weighted by Gasteiger charge is -2.29. The highest BCUT2D eigenvalue weighted by Gasteiger charge is 2.26. The molecular formula is C14H15F3N2O3. The van der Waals surface area contributed by atoms with Crippen molar-refractivity contribution in [1.29, 1.82) is 0 Å². The van der Waals surface area contributed by atoms with E-state index in [1.54, 1.807) is 0 Å². The Hall–Kier alpha value is -2.09. The maximum Gasteiger partial charge on any atom is 0.255 e. The van der Waals surface area contributed by atoms with Crippen molar-refractivity contribution in [2.75, 3.05) is 26.3 Å². The molecule has 120 valence electrons. The first-order valence-corrected chi connectivity index (χ1v) is 6.72. The SMILES string of the molecule is C[C@H](NC(=O)c1ccc(F)c(F)c1F)C(=O)N1CCOCC1. The predicted molar refractivity (Wildman–Crippen MR) is 70.6 cm³/mol. The van der Waals surface area contributed by atoms with E-state index in [1.165, 1.54) is 11.8 Å². The molecule has 0 unspecified atom stereocenters. The molecular weight excluding hydrogens is 301 g/mol. The van der Waals surface area contributed by atoms with E-state index in [2.05, 4.69) is 5.32 Å². The smallest absolute Gasteiger partial charge is 0.255 e. The molecule has 5 nitrogen and oxygen atoms in total. The Morgan fingerprint density at radius 1 is 1.18 bits per heavy atom. The van der Waals surface area contributed by atoms with Crippen molar-refractivity contribution >= 4 is 11.8 Å². The van der Waals surface area contributed by atoms with Gasteiger partial charge in [-0.3, -0.25) is 9.59 Å². The van der Waals surface area contributed by atoms with Crippen LogP contribution in [0.3, 0.4) is 0 Å². The molecule has 1 saturated heterocycles.